The molecule has 2 aromatic carbocycles. The second kappa shape index (κ2) is 8.55. The van der Waals surface area contributed by atoms with Crippen LogP contribution in [-0.4, -0.2) is 45.0 Å². The van der Waals surface area contributed by atoms with Crippen LogP contribution < -0.4 is 14.9 Å². The Labute approximate surface area is 180 Å². The number of hydrogen-bond acceptors (Lipinski definition) is 5. The summed E-state index contributed by atoms with van der Waals surface area (Å²) in [5.41, 5.74) is 1.95. The Morgan fingerprint density at radius 3 is 2.38 bits per heavy atom. The Hall–Kier alpha value is -1.74. The summed E-state index contributed by atoms with van der Waals surface area (Å²) >= 11 is 8.37. The molecule has 0 unspecified atom stereocenters. The lowest BCUT2D eigenvalue weighted by Crippen LogP contribution is -2.32. The lowest BCUT2D eigenvalue weighted by Gasteiger charge is -2.29. The van der Waals surface area contributed by atoms with Crippen molar-refractivity contribution in [3.63, 3.8) is 0 Å². The van der Waals surface area contributed by atoms with Crippen LogP contribution in [0.4, 0.5) is 11.4 Å². The minimum Gasteiger partial charge on any atom is -0.369 e. The van der Waals surface area contributed by atoms with Crippen molar-refractivity contribution in [2.45, 2.75) is 23.8 Å². The van der Waals surface area contributed by atoms with Crippen LogP contribution in [0, 0.1) is 0 Å². The van der Waals surface area contributed by atoms with Crippen molar-refractivity contribution in [1.29, 1.82) is 0 Å². The Bertz CT molecular complexity index is 1000. The number of thioether (sulfide) groups is 1. The summed E-state index contributed by atoms with van der Waals surface area (Å²) < 4.78 is 27.1. The molecular formula is C20H22ClN3O3S2. The highest BCUT2D eigenvalue weighted by atomic mass is 35.5. The van der Waals surface area contributed by atoms with Gasteiger partial charge in [-0.1, -0.05) is 11.6 Å². The minimum absolute atomic E-state index is 0.0411. The van der Waals surface area contributed by atoms with Gasteiger partial charge in [0.15, 0.2) is 0 Å². The highest BCUT2D eigenvalue weighted by molar-refractivity contribution is 7.99. The highest BCUT2D eigenvalue weighted by Crippen LogP contribution is 2.30. The van der Waals surface area contributed by atoms with Crippen LogP contribution in [0.25, 0.3) is 0 Å². The zero-order valence-electron chi connectivity index (χ0n) is 15.7. The van der Waals surface area contributed by atoms with Gasteiger partial charge < -0.3 is 10.2 Å². The predicted molar refractivity (Wildman–Crippen MR) is 119 cm³/mol. The Kier molecular flexibility index (Phi) is 6.06. The molecule has 1 amide bonds. The van der Waals surface area contributed by atoms with E-state index in [1.54, 1.807) is 6.07 Å². The van der Waals surface area contributed by atoms with Crippen molar-refractivity contribution in [3.05, 3.63) is 53.1 Å². The molecule has 2 aliphatic rings. The fourth-order valence-electron chi connectivity index (χ4n) is 3.12. The zero-order chi connectivity index (χ0) is 20.4. The van der Waals surface area contributed by atoms with E-state index >= 15 is 0 Å². The molecule has 0 aromatic heterocycles. The zero-order valence-corrected chi connectivity index (χ0v) is 18.1. The molecule has 2 aromatic rings. The topological polar surface area (TPSA) is 78.5 Å². The third-order valence-corrected chi connectivity index (χ3v) is 7.66. The van der Waals surface area contributed by atoms with Gasteiger partial charge in [0.1, 0.15) is 0 Å². The first-order chi connectivity index (χ1) is 13.9. The largest absolute Gasteiger partial charge is 0.369 e. The monoisotopic (exact) mass is 451 g/mol. The molecule has 29 heavy (non-hydrogen) atoms. The van der Waals surface area contributed by atoms with E-state index in [4.69, 9.17) is 11.6 Å². The molecule has 0 radical (unpaired) electrons. The SMILES string of the molecule is O=C(Nc1ccc(N2CCSCC2)c(Cl)c1)c1ccc(S(=O)(=O)NC2CC2)cc1. The highest BCUT2D eigenvalue weighted by Gasteiger charge is 2.28. The van der Waals surface area contributed by atoms with Gasteiger partial charge in [-0.15, -0.1) is 0 Å². The minimum atomic E-state index is -3.52. The number of sulfonamides is 1. The van der Waals surface area contributed by atoms with E-state index in [2.05, 4.69) is 14.9 Å². The van der Waals surface area contributed by atoms with E-state index in [1.807, 2.05) is 23.9 Å². The molecule has 9 heteroatoms. The molecule has 0 bridgehead atoms. The molecule has 0 atom stereocenters. The number of rotatable bonds is 6. The van der Waals surface area contributed by atoms with Crippen molar-refractivity contribution < 1.29 is 13.2 Å². The number of hydrogen-bond donors (Lipinski definition) is 2. The smallest absolute Gasteiger partial charge is 0.255 e. The van der Waals surface area contributed by atoms with Crippen molar-refractivity contribution in [1.82, 2.24) is 4.72 Å². The summed E-state index contributed by atoms with van der Waals surface area (Å²) in [5, 5.41) is 3.42. The number of anilines is 2. The van der Waals surface area contributed by atoms with Gasteiger partial charge in [-0.2, -0.15) is 11.8 Å². The Morgan fingerprint density at radius 2 is 1.76 bits per heavy atom. The number of amides is 1. The summed E-state index contributed by atoms with van der Waals surface area (Å²) in [7, 11) is -3.52. The average Bonchev–Trinajstić information content (AvgIpc) is 3.52. The average molecular weight is 452 g/mol. The van der Waals surface area contributed by atoms with Gasteiger partial charge in [-0.05, 0) is 55.3 Å². The summed E-state index contributed by atoms with van der Waals surface area (Å²) in [6.07, 6.45) is 1.75. The standard InChI is InChI=1S/C20H22ClN3O3S2/c21-18-13-16(5-8-19(18)24-9-11-28-12-10-24)22-20(25)14-1-6-17(7-2-14)29(26,27)23-15-3-4-15/h1-2,5-8,13,15,23H,3-4,9-12H2,(H,22,25). The second-order valence-electron chi connectivity index (χ2n) is 7.14. The summed E-state index contributed by atoms with van der Waals surface area (Å²) in [4.78, 5) is 14.9. The molecule has 0 spiro atoms. The van der Waals surface area contributed by atoms with E-state index < -0.39 is 10.0 Å². The van der Waals surface area contributed by atoms with E-state index in [0.717, 1.165) is 43.1 Å². The Morgan fingerprint density at radius 1 is 1.07 bits per heavy atom. The van der Waals surface area contributed by atoms with Crippen LogP contribution in [0.15, 0.2) is 47.4 Å². The van der Waals surface area contributed by atoms with Crippen molar-refractivity contribution in [3.8, 4) is 0 Å². The van der Waals surface area contributed by atoms with Crippen LogP contribution in [0.3, 0.4) is 0 Å². The van der Waals surface area contributed by atoms with Gasteiger partial charge in [-0.25, -0.2) is 13.1 Å². The molecule has 1 saturated carbocycles. The first-order valence-corrected chi connectivity index (χ1v) is 12.5. The predicted octanol–water partition coefficient (Wildman–Crippen LogP) is 3.59. The van der Waals surface area contributed by atoms with Gasteiger partial charge in [-0.3, -0.25) is 4.79 Å². The van der Waals surface area contributed by atoms with E-state index in [-0.39, 0.29) is 16.8 Å². The number of nitrogens with zero attached hydrogens (tertiary/aromatic N) is 1. The third-order valence-electron chi connectivity index (χ3n) is 4.88. The number of benzene rings is 2. The van der Waals surface area contributed by atoms with Gasteiger partial charge in [0.2, 0.25) is 10.0 Å². The van der Waals surface area contributed by atoms with Crippen molar-refractivity contribution in [2.24, 2.45) is 0 Å². The maximum atomic E-state index is 12.5. The molecule has 154 valence electrons. The molecule has 2 N–H and O–H groups in total. The first-order valence-electron chi connectivity index (χ1n) is 9.48. The number of nitrogens with one attached hydrogen (secondary N) is 2. The number of halogens is 1. The summed E-state index contributed by atoms with van der Waals surface area (Å²) in [6, 6.07) is 11.5. The lowest BCUT2D eigenvalue weighted by molar-refractivity contribution is 0.102. The Balaban J connectivity index is 1.43. The van der Waals surface area contributed by atoms with Crippen LogP contribution in [0.5, 0.6) is 0 Å². The maximum absolute atomic E-state index is 12.5. The maximum Gasteiger partial charge on any atom is 0.255 e. The van der Waals surface area contributed by atoms with Crippen LogP contribution in [0.1, 0.15) is 23.2 Å². The second-order valence-corrected chi connectivity index (χ2v) is 10.5. The van der Waals surface area contributed by atoms with Crippen molar-refractivity contribution in [2.75, 3.05) is 34.8 Å². The fraction of sp³-hybridized carbons (Fsp3) is 0.350. The van der Waals surface area contributed by atoms with Crippen LogP contribution in [0.2, 0.25) is 5.02 Å². The normalized spacial score (nSPS) is 17.2. The lowest BCUT2D eigenvalue weighted by atomic mass is 10.2. The van der Waals surface area contributed by atoms with E-state index in [0.29, 0.717) is 16.3 Å². The quantitative estimate of drug-likeness (QED) is 0.701. The van der Waals surface area contributed by atoms with Gasteiger partial charge in [0, 0.05) is 41.9 Å². The molecule has 1 saturated heterocycles. The van der Waals surface area contributed by atoms with Gasteiger partial charge >= 0.3 is 0 Å². The van der Waals surface area contributed by atoms with Gasteiger partial charge in [0.25, 0.3) is 5.91 Å². The third kappa shape index (κ3) is 5.06. The molecule has 1 heterocycles. The molecule has 6 nitrogen and oxygen atoms in total. The van der Waals surface area contributed by atoms with Gasteiger partial charge in [0.05, 0.1) is 15.6 Å². The molecule has 1 aliphatic heterocycles. The molecule has 1 aliphatic carbocycles. The molecule has 2 fully saturated rings. The fourth-order valence-corrected chi connectivity index (χ4v) is 5.63. The van der Waals surface area contributed by atoms with E-state index in [9.17, 15) is 13.2 Å². The summed E-state index contributed by atoms with van der Waals surface area (Å²) in [5.74, 6) is 1.84. The van der Waals surface area contributed by atoms with Crippen LogP contribution >= 0.6 is 23.4 Å². The van der Waals surface area contributed by atoms with E-state index in [1.165, 1.54) is 24.3 Å². The molecule has 4 rings (SSSR count). The first kappa shape index (κ1) is 20.5. The number of carbonyl (C=O) groups excluding carboxylic acids is 1. The molecular weight excluding hydrogens is 430 g/mol. The summed E-state index contributed by atoms with van der Waals surface area (Å²) in [6.45, 7) is 1.92. The van der Waals surface area contributed by atoms with Crippen LogP contribution in [-0.2, 0) is 10.0 Å². The number of carbonyl (C=O) groups is 1. The van der Waals surface area contributed by atoms with Crippen molar-refractivity contribution >= 4 is 50.7 Å².